The number of nitrogens with one attached hydrogen (secondary N) is 1. The van der Waals surface area contributed by atoms with Gasteiger partial charge in [0.25, 0.3) is 0 Å². The molecule has 2 aromatic carbocycles. The molecule has 4 heteroatoms. The molecule has 160 valence electrons. The summed E-state index contributed by atoms with van der Waals surface area (Å²) in [5.74, 6) is -1.40. The van der Waals surface area contributed by atoms with Gasteiger partial charge in [0, 0.05) is 17.5 Å². The second-order valence-corrected chi connectivity index (χ2v) is 10.1. The maximum Gasteiger partial charge on any atom is 0.310 e. The van der Waals surface area contributed by atoms with E-state index >= 15 is 0 Å². The van der Waals surface area contributed by atoms with Gasteiger partial charge in [-0.15, -0.1) is 0 Å². The number of para-hydroxylation sites is 1. The molecule has 1 heterocycles. The number of ether oxygens (including phenoxy) is 1. The predicted molar refractivity (Wildman–Crippen MR) is 120 cm³/mol. The first-order chi connectivity index (χ1) is 14.8. The number of carbonyl (C=O) groups excluding carboxylic acids is 2. The number of esters is 1. The molecule has 2 fully saturated rings. The third-order valence-electron chi connectivity index (χ3n) is 7.17. The highest BCUT2D eigenvalue weighted by atomic mass is 16.6. The molecule has 5 atom stereocenters. The fourth-order valence-electron chi connectivity index (χ4n) is 5.87. The van der Waals surface area contributed by atoms with Crippen molar-refractivity contribution in [2.45, 2.75) is 45.6 Å². The lowest BCUT2D eigenvalue weighted by atomic mass is 9.58. The quantitative estimate of drug-likeness (QED) is 0.550. The maximum atomic E-state index is 13.6. The second kappa shape index (κ2) is 7.37. The van der Waals surface area contributed by atoms with E-state index in [-0.39, 0.29) is 35.2 Å². The highest BCUT2D eigenvalue weighted by Crippen LogP contribution is 2.56. The summed E-state index contributed by atoms with van der Waals surface area (Å²) in [6.45, 7) is 6.53. The van der Waals surface area contributed by atoms with Crippen molar-refractivity contribution in [3.63, 3.8) is 0 Å². The minimum atomic E-state index is -0.490. The summed E-state index contributed by atoms with van der Waals surface area (Å²) in [4.78, 5) is 26.7. The number of hydrogen-bond acceptors (Lipinski definition) is 3. The van der Waals surface area contributed by atoms with Crippen LogP contribution in [0.15, 0.2) is 66.2 Å². The van der Waals surface area contributed by atoms with Gasteiger partial charge in [-0.1, -0.05) is 73.5 Å². The van der Waals surface area contributed by atoms with Gasteiger partial charge in [0.1, 0.15) is 6.10 Å². The Bertz CT molecular complexity index is 1040. The minimum absolute atomic E-state index is 0.00810. The van der Waals surface area contributed by atoms with Crippen LogP contribution in [-0.2, 0) is 14.3 Å². The molecule has 1 aliphatic heterocycles. The van der Waals surface area contributed by atoms with Gasteiger partial charge in [-0.3, -0.25) is 9.59 Å². The molecule has 0 radical (unpaired) electrons. The van der Waals surface area contributed by atoms with Crippen LogP contribution < -0.4 is 5.32 Å². The van der Waals surface area contributed by atoms with Gasteiger partial charge < -0.3 is 10.1 Å². The number of amides is 1. The SMILES string of the molecule is Cc1ccc([C@H]2C=C3CC(C)(C)C[C@H]4OC(=O)[C@@H]([C@H]2C(=O)Nc2ccccc2)[C@@H]34)cc1. The molecule has 1 N–H and O–H groups in total. The average molecular weight is 416 g/mol. The molecule has 0 aromatic heterocycles. The highest BCUT2D eigenvalue weighted by molar-refractivity contribution is 5.97. The van der Waals surface area contributed by atoms with Gasteiger partial charge in [0.05, 0.1) is 11.8 Å². The summed E-state index contributed by atoms with van der Waals surface area (Å²) in [6, 6.07) is 17.8. The molecule has 0 unspecified atom stereocenters. The molecule has 31 heavy (non-hydrogen) atoms. The normalized spacial score (nSPS) is 30.7. The van der Waals surface area contributed by atoms with Crippen LogP contribution in [0, 0.1) is 30.1 Å². The molecule has 2 aliphatic carbocycles. The van der Waals surface area contributed by atoms with Gasteiger partial charge in [0.15, 0.2) is 0 Å². The van der Waals surface area contributed by atoms with Crippen molar-refractivity contribution in [1.82, 2.24) is 0 Å². The lowest BCUT2D eigenvalue weighted by Gasteiger charge is -2.44. The first-order valence-corrected chi connectivity index (χ1v) is 11.2. The van der Waals surface area contributed by atoms with Crippen LogP contribution in [0.4, 0.5) is 5.69 Å². The number of benzene rings is 2. The Balaban J connectivity index is 1.59. The number of carbonyl (C=O) groups is 2. The summed E-state index contributed by atoms with van der Waals surface area (Å²) in [7, 11) is 0. The number of rotatable bonds is 3. The number of allylic oxidation sites excluding steroid dienone is 1. The van der Waals surface area contributed by atoms with Crippen LogP contribution in [0.2, 0.25) is 0 Å². The van der Waals surface area contributed by atoms with E-state index in [2.05, 4.69) is 56.4 Å². The Morgan fingerprint density at radius 3 is 2.45 bits per heavy atom. The Labute approximate surface area is 183 Å². The van der Waals surface area contributed by atoms with Crippen molar-refractivity contribution >= 4 is 17.6 Å². The highest BCUT2D eigenvalue weighted by Gasteiger charge is 2.59. The zero-order valence-corrected chi connectivity index (χ0v) is 18.3. The minimum Gasteiger partial charge on any atom is -0.461 e. The molecule has 3 aliphatic rings. The van der Waals surface area contributed by atoms with E-state index in [1.165, 1.54) is 11.1 Å². The predicted octanol–water partition coefficient (Wildman–Crippen LogP) is 5.25. The summed E-state index contributed by atoms with van der Waals surface area (Å²) >= 11 is 0. The van der Waals surface area contributed by atoms with Crippen molar-refractivity contribution in [3.05, 3.63) is 77.4 Å². The van der Waals surface area contributed by atoms with Crippen molar-refractivity contribution in [2.24, 2.45) is 23.2 Å². The van der Waals surface area contributed by atoms with E-state index < -0.39 is 11.8 Å². The van der Waals surface area contributed by atoms with E-state index in [0.717, 1.165) is 24.1 Å². The first kappa shape index (κ1) is 20.0. The van der Waals surface area contributed by atoms with E-state index in [4.69, 9.17) is 4.74 Å². The Kier molecular flexibility index (Phi) is 4.76. The van der Waals surface area contributed by atoms with Gasteiger partial charge >= 0.3 is 5.97 Å². The molecule has 1 saturated carbocycles. The van der Waals surface area contributed by atoms with Crippen LogP contribution in [0.1, 0.15) is 43.7 Å². The van der Waals surface area contributed by atoms with E-state index in [0.29, 0.717) is 0 Å². The number of anilines is 1. The standard InChI is InChI=1S/C27H29NO3/c1-16-9-11-17(12-10-16)20-13-18-14-27(2,3)15-21-22(18)24(26(30)31-21)23(20)25(29)28-19-7-5-4-6-8-19/h4-13,20-24H,14-15H2,1-3H3,(H,28,29)/t20-,21-,22+,23+,24-/m1/s1. The number of aryl methyl sites for hydroxylation is 1. The maximum absolute atomic E-state index is 13.6. The van der Waals surface area contributed by atoms with Crippen LogP contribution in [0.3, 0.4) is 0 Å². The van der Waals surface area contributed by atoms with Gasteiger partial charge in [0.2, 0.25) is 5.91 Å². The summed E-state index contributed by atoms with van der Waals surface area (Å²) in [5, 5.41) is 3.06. The molecule has 1 amide bonds. The van der Waals surface area contributed by atoms with Gasteiger partial charge in [-0.2, -0.15) is 0 Å². The largest absolute Gasteiger partial charge is 0.461 e. The topological polar surface area (TPSA) is 55.4 Å². The van der Waals surface area contributed by atoms with Crippen molar-refractivity contribution in [2.75, 3.05) is 5.32 Å². The number of hydrogen-bond donors (Lipinski definition) is 1. The van der Waals surface area contributed by atoms with Crippen LogP contribution in [0.25, 0.3) is 0 Å². The van der Waals surface area contributed by atoms with Crippen molar-refractivity contribution < 1.29 is 14.3 Å². The molecule has 0 bridgehead atoms. The molecule has 1 saturated heterocycles. The van der Waals surface area contributed by atoms with Crippen LogP contribution in [0.5, 0.6) is 0 Å². The zero-order chi connectivity index (χ0) is 21.8. The average Bonchev–Trinajstić information content (AvgIpc) is 3.04. The lowest BCUT2D eigenvalue weighted by molar-refractivity contribution is -0.148. The molecule has 5 rings (SSSR count). The fraction of sp³-hybridized carbons (Fsp3) is 0.407. The Hall–Kier alpha value is -2.88. The van der Waals surface area contributed by atoms with Gasteiger partial charge in [-0.25, -0.2) is 0 Å². The third-order valence-corrected chi connectivity index (χ3v) is 7.17. The van der Waals surface area contributed by atoms with Crippen molar-refractivity contribution in [3.8, 4) is 0 Å². The molecule has 0 spiro atoms. The summed E-state index contributed by atoms with van der Waals surface area (Å²) in [5.41, 5.74) is 4.36. The van der Waals surface area contributed by atoms with E-state index in [9.17, 15) is 9.59 Å². The van der Waals surface area contributed by atoms with Crippen LogP contribution in [-0.4, -0.2) is 18.0 Å². The molecular weight excluding hydrogens is 386 g/mol. The molecule has 4 nitrogen and oxygen atoms in total. The smallest absolute Gasteiger partial charge is 0.310 e. The van der Waals surface area contributed by atoms with Crippen molar-refractivity contribution in [1.29, 1.82) is 0 Å². The second-order valence-electron chi connectivity index (χ2n) is 10.1. The zero-order valence-electron chi connectivity index (χ0n) is 18.3. The summed E-state index contributed by atoms with van der Waals surface area (Å²) in [6.07, 6.45) is 3.94. The fourth-order valence-corrected chi connectivity index (χ4v) is 5.87. The first-order valence-electron chi connectivity index (χ1n) is 11.2. The lowest BCUT2D eigenvalue weighted by Crippen LogP contribution is -2.45. The Morgan fingerprint density at radius 1 is 1.03 bits per heavy atom. The molecule has 2 aromatic rings. The van der Waals surface area contributed by atoms with E-state index in [1.807, 2.05) is 30.3 Å². The van der Waals surface area contributed by atoms with Crippen LogP contribution >= 0.6 is 0 Å². The van der Waals surface area contributed by atoms with E-state index in [1.54, 1.807) is 0 Å². The molecular formula is C27H29NO3. The summed E-state index contributed by atoms with van der Waals surface area (Å²) < 4.78 is 5.89. The van der Waals surface area contributed by atoms with Gasteiger partial charge in [-0.05, 0) is 42.9 Å². The Morgan fingerprint density at radius 2 is 1.74 bits per heavy atom. The third kappa shape index (κ3) is 3.58. The monoisotopic (exact) mass is 415 g/mol.